The summed E-state index contributed by atoms with van der Waals surface area (Å²) in [6.07, 6.45) is 1.38. The van der Waals surface area contributed by atoms with E-state index >= 15 is 4.39 Å². The van der Waals surface area contributed by atoms with E-state index in [2.05, 4.69) is 0 Å². The van der Waals surface area contributed by atoms with Crippen LogP contribution in [0.15, 0.2) is 109 Å². The highest BCUT2D eigenvalue weighted by molar-refractivity contribution is 7.91. The Kier molecular flexibility index (Phi) is 8.04. The van der Waals surface area contributed by atoms with Crippen LogP contribution in [0.5, 0.6) is 5.75 Å². The summed E-state index contributed by atoms with van der Waals surface area (Å²) in [4.78, 5) is 0. The molecular weight excluding hydrogens is 531 g/mol. The SMILES string of the molecule is Cc1cccc(Cc2cc(F)c(N3C=C(O)N(COCc4ccccc4)S3(=O)=O)c(OCc3ccccc3)c2)c1. The molecule has 4 aromatic carbocycles. The van der Waals surface area contributed by atoms with Crippen molar-refractivity contribution in [1.29, 1.82) is 0 Å². The number of hydrogen-bond acceptors (Lipinski definition) is 5. The van der Waals surface area contributed by atoms with Gasteiger partial charge in [0.05, 0.1) is 12.8 Å². The number of ether oxygens (including phenoxy) is 2. The zero-order chi connectivity index (χ0) is 28.1. The standard InChI is InChI=1S/C31H29FN2O5S/c1-23-9-8-14-26(15-23)16-27-17-28(32)31(29(18-27)39-21-25-12-6-3-7-13-25)33-19-30(35)34(40(33,36)37)22-38-20-24-10-4-2-5-11-24/h2-15,17-19,35H,16,20-22H2,1H3. The lowest BCUT2D eigenvalue weighted by Gasteiger charge is -2.24. The summed E-state index contributed by atoms with van der Waals surface area (Å²) in [7, 11) is -4.41. The van der Waals surface area contributed by atoms with Crippen LogP contribution in [0.25, 0.3) is 0 Å². The van der Waals surface area contributed by atoms with Gasteiger partial charge in [0.2, 0.25) is 5.88 Å². The van der Waals surface area contributed by atoms with E-state index in [1.54, 1.807) is 6.07 Å². The Morgan fingerprint density at radius 2 is 1.45 bits per heavy atom. The molecule has 0 saturated heterocycles. The van der Waals surface area contributed by atoms with Crippen molar-refractivity contribution >= 4 is 15.9 Å². The second-order valence-corrected chi connectivity index (χ2v) is 11.2. The van der Waals surface area contributed by atoms with Gasteiger partial charge in [-0.2, -0.15) is 12.7 Å². The maximum absolute atomic E-state index is 15.8. The molecule has 0 bridgehead atoms. The van der Waals surface area contributed by atoms with Crippen LogP contribution >= 0.6 is 0 Å². The van der Waals surface area contributed by atoms with Crippen molar-refractivity contribution < 1.29 is 27.4 Å². The molecule has 0 unspecified atom stereocenters. The van der Waals surface area contributed by atoms with Gasteiger partial charge in [0.1, 0.15) is 24.8 Å². The molecule has 206 valence electrons. The normalized spacial score (nSPS) is 14.3. The van der Waals surface area contributed by atoms with E-state index in [0.717, 1.165) is 28.5 Å². The van der Waals surface area contributed by atoms with Crippen LogP contribution in [0.2, 0.25) is 0 Å². The predicted molar refractivity (Wildman–Crippen MR) is 151 cm³/mol. The van der Waals surface area contributed by atoms with Crippen molar-refractivity contribution in [2.24, 2.45) is 0 Å². The van der Waals surface area contributed by atoms with E-state index in [1.165, 1.54) is 6.07 Å². The third kappa shape index (κ3) is 6.11. The molecule has 0 aromatic heterocycles. The first-order valence-electron chi connectivity index (χ1n) is 12.7. The number of hydrogen-bond donors (Lipinski definition) is 1. The molecule has 0 spiro atoms. The van der Waals surface area contributed by atoms with Crippen LogP contribution < -0.4 is 9.04 Å². The number of anilines is 1. The fourth-order valence-electron chi connectivity index (χ4n) is 4.44. The van der Waals surface area contributed by atoms with Crippen molar-refractivity contribution in [2.45, 2.75) is 26.6 Å². The molecule has 0 radical (unpaired) electrons. The first-order valence-corrected chi connectivity index (χ1v) is 14.1. The lowest BCUT2D eigenvalue weighted by Crippen LogP contribution is -2.36. The number of rotatable bonds is 10. The fourth-order valence-corrected chi connectivity index (χ4v) is 5.78. The summed E-state index contributed by atoms with van der Waals surface area (Å²) in [5.74, 6) is -1.36. The lowest BCUT2D eigenvalue weighted by atomic mass is 10.0. The summed E-state index contributed by atoms with van der Waals surface area (Å²) in [5.41, 5.74) is 4.02. The van der Waals surface area contributed by atoms with Crippen LogP contribution in [0.4, 0.5) is 10.1 Å². The van der Waals surface area contributed by atoms with E-state index in [4.69, 9.17) is 9.47 Å². The Morgan fingerprint density at radius 3 is 2.12 bits per heavy atom. The zero-order valence-electron chi connectivity index (χ0n) is 21.9. The molecule has 9 heteroatoms. The minimum Gasteiger partial charge on any atom is -0.493 e. The van der Waals surface area contributed by atoms with Gasteiger partial charge in [0.15, 0.2) is 5.82 Å². The average Bonchev–Trinajstić information content (AvgIpc) is 3.16. The number of aliphatic hydroxyl groups excluding tert-OH is 1. The molecule has 0 saturated carbocycles. The summed E-state index contributed by atoms with van der Waals surface area (Å²) in [6.45, 7) is 1.75. The molecule has 0 atom stereocenters. The quantitative estimate of drug-likeness (QED) is 0.250. The number of halogens is 1. The largest absolute Gasteiger partial charge is 0.493 e. The Balaban J connectivity index is 1.44. The fraction of sp³-hybridized carbons (Fsp3) is 0.161. The minimum absolute atomic E-state index is 0.0335. The highest BCUT2D eigenvalue weighted by Crippen LogP contribution is 2.40. The topological polar surface area (TPSA) is 79.3 Å². The van der Waals surface area contributed by atoms with Gasteiger partial charge in [-0.1, -0.05) is 90.5 Å². The summed E-state index contributed by atoms with van der Waals surface area (Å²) >= 11 is 0. The van der Waals surface area contributed by atoms with Gasteiger partial charge in [0, 0.05) is 0 Å². The first-order chi connectivity index (χ1) is 19.3. The van der Waals surface area contributed by atoms with Crippen molar-refractivity contribution in [2.75, 3.05) is 11.0 Å². The van der Waals surface area contributed by atoms with Crippen LogP contribution in [-0.4, -0.2) is 24.6 Å². The molecule has 40 heavy (non-hydrogen) atoms. The van der Waals surface area contributed by atoms with Crippen molar-refractivity contribution in [3.8, 4) is 5.75 Å². The number of nitrogens with zero attached hydrogens (tertiary/aromatic N) is 2. The highest BCUT2D eigenvalue weighted by atomic mass is 32.2. The smallest absolute Gasteiger partial charge is 0.335 e. The Labute approximate surface area is 233 Å². The third-order valence-corrected chi connectivity index (χ3v) is 8.01. The Hall–Kier alpha value is -4.34. The molecular formula is C31H29FN2O5S. The van der Waals surface area contributed by atoms with Crippen molar-refractivity contribution in [3.05, 3.63) is 143 Å². The molecule has 7 nitrogen and oxygen atoms in total. The van der Waals surface area contributed by atoms with E-state index in [9.17, 15) is 13.5 Å². The van der Waals surface area contributed by atoms with Crippen molar-refractivity contribution in [1.82, 2.24) is 4.31 Å². The molecule has 0 amide bonds. The highest BCUT2D eigenvalue weighted by Gasteiger charge is 2.40. The van der Waals surface area contributed by atoms with Gasteiger partial charge >= 0.3 is 10.2 Å². The van der Waals surface area contributed by atoms with Gasteiger partial charge in [-0.05, 0) is 47.7 Å². The summed E-state index contributed by atoms with van der Waals surface area (Å²) in [6, 6.07) is 29.3. The number of aryl methyl sites for hydroxylation is 1. The molecule has 1 aliphatic heterocycles. The van der Waals surface area contributed by atoms with E-state index in [0.29, 0.717) is 20.6 Å². The Bertz CT molecular complexity index is 1610. The summed E-state index contributed by atoms with van der Waals surface area (Å²) in [5, 5.41) is 10.5. The van der Waals surface area contributed by atoms with Crippen LogP contribution in [0.3, 0.4) is 0 Å². The van der Waals surface area contributed by atoms with E-state index in [1.807, 2.05) is 91.9 Å². The number of benzene rings is 4. The molecule has 5 rings (SSSR count). The molecule has 1 heterocycles. The van der Waals surface area contributed by atoms with E-state index in [-0.39, 0.29) is 24.7 Å². The maximum Gasteiger partial charge on any atom is 0.335 e. The minimum atomic E-state index is -4.41. The molecule has 0 aliphatic carbocycles. The molecule has 0 fully saturated rings. The molecule has 4 aromatic rings. The van der Waals surface area contributed by atoms with Crippen molar-refractivity contribution in [3.63, 3.8) is 0 Å². The second kappa shape index (κ2) is 11.8. The lowest BCUT2D eigenvalue weighted by molar-refractivity contribution is 0.0556. The van der Waals surface area contributed by atoms with Crippen LogP contribution in [-0.2, 0) is 34.6 Å². The predicted octanol–water partition coefficient (Wildman–Crippen LogP) is 6.20. The van der Waals surface area contributed by atoms with Crippen LogP contribution in [0.1, 0.15) is 27.8 Å². The number of aliphatic hydroxyl groups is 1. The van der Waals surface area contributed by atoms with Gasteiger partial charge in [0.25, 0.3) is 0 Å². The van der Waals surface area contributed by atoms with Crippen LogP contribution in [0, 0.1) is 12.7 Å². The first kappa shape index (κ1) is 27.2. The van der Waals surface area contributed by atoms with Gasteiger partial charge in [-0.3, -0.25) is 0 Å². The monoisotopic (exact) mass is 560 g/mol. The summed E-state index contributed by atoms with van der Waals surface area (Å²) < 4.78 is 55.7. The maximum atomic E-state index is 15.8. The molecule has 1 aliphatic rings. The van der Waals surface area contributed by atoms with E-state index < -0.39 is 28.6 Å². The van der Waals surface area contributed by atoms with Gasteiger partial charge in [-0.15, -0.1) is 0 Å². The zero-order valence-corrected chi connectivity index (χ0v) is 22.7. The van der Waals surface area contributed by atoms with Gasteiger partial charge < -0.3 is 14.6 Å². The second-order valence-electron chi connectivity index (χ2n) is 9.47. The molecule has 1 N–H and O–H groups in total. The van der Waals surface area contributed by atoms with Gasteiger partial charge in [-0.25, -0.2) is 8.70 Å². The average molecular weight is 561 g/mol. The Morgan fingerprint density at radius 1 is 0.800 bits per heavy atom. The third-order valence-electron chi connectivity index (χ3n) is 6.37.